The van der Waals surface area contributed by atoms with Gasteiger partial charge in [-0.3, -0.25) is 0 Å². The van der Waals surface area contributed by atoms with Crippen LogP contribution in [0.3, 0.4) is 0 Å². The molecule has 4 nitrogen and oxygen atoms in total. The molecule has 1 atom stereocenters. The minimum Gasteiger partial charge on any atom is -0.367 e. The van der Waals surface area contributed by atoms with Crippen molar-refractivity contribution in [2.24, 2.45) is 0 Å². The van der Waals surface area contributed by atoms with E-state index >= 15 is 0 Å². The van der Waals surface area contributed by atoms with E-state index < -0.39 is 0 Å². The largest absolute Gasteiger partial charge is 0.367 e. The lowest BCUT2D eigenvalue weighted by molar-refractivity contribution is 0.207. The van der Waals surface area contributed by atoms with Crippen molar-refractivity contribution in [1.29, 1.82) is 0 Å². The lowest BCUT2D eigenvalue weighted by Crippen LogP contribution is -2.42. The van der Waals surface area contributed by atoms with Crippen molar-refractivity contribution in [3.8, 4) is 0 Å². The number of para-hydroxylation sites is 1. The van der Waals surface area contributed by atoms with Crippen LogP contribution in [-0.4, -0.2) is 37.1 Å². The third-order valence-corrected chi connectivity index (χ3v) is 4.63. The van der Waals surface area contributed by atoms with Crippen LogP contribution in [0.4, 0.5) is 14.9 Å². The molecule has 3 rings (SSSR count). The fourth-order valence-electron chi connectivity index (χ4n) is 3.37. The van der Waals surface area contributed by atoms with Crippen LogP contribution < -0.4 is 10.2 Å². The number of amides is 2. The second kappa shape index (κ2) is 7.55. The molecule has 0 saturated carbocycles. The first-order chi connectivity index (χ1) is 12.0. The van der Waals surface area contributed by atoms with E-state index in [1.54, 1.807) is 18.0 Å². The Hall–Kier alpha value is -2.56. The number of urea groups is 1. The number of benzene rings is 2. The summed E-state index contributed by atoms with van der Waals surface area (Å²) in [6.07, 6.45) is 1.05. The highest BCUT2D eigenvalue weighted by atomic mass is 19.1. The average molecular weight is 341 g/mol. The van der Waals surface area contributed by atoms with Crippen molar-refractivity contribution in [3.05, 3.63) is 65.5 Å². The Kier molecular flexibility index (Phi) is 5.22. The molecule has 2 amide bonds. The Morgan fingerprint density at radius 2 is 2.08 bits per heavy atom. The van der Waals surface area contributed by atoms with Gasteiger partial charge in [-0.2, -0.15) is 0 Å². The molecule has 132 valence electrons. The highest BCUT2D eigenvalue weighted by Crippen LogP contribution is 2.31. The second-order valence-electron chi connectivity index (χ2n) is 6.59. The zero-order chi connectivity index (χ0) is 17.8. The first-order valence-corrected chi connectivity index (χ1v) is 8.62. The molecule has 5 heteroatoms. The van der Waals surface area contributed by atoms with Crippen LogP contribution in [0.5, 0.6) is 0 Å². The molecule has 2 aromatic rings. The number of carbonyl (C=O) groups excluding carboxylic acids is 1. The molecule has 0 saturated heterocycles. The number of nitrogens with zero attached hydrogens (tertiary/aromatic N) is 2. The predicted molar refractivity (Wildman–Crippen MR) is 98.2 cm³/mol. The van der Waals surface area contributed by atoms with Crippen molar-refractivity contribution in [3.63, 3.8) is 0 Å². The number of hydrogen-bond acceptors (Lipinski definition) is 2. The first-order valence-electron chi connectivity index (χ1n) is 8.62. The van der Waals surface area contributed by atoms with E-state index in [9.17, 15) is 9.18 Å². The van der Waals surface area contributed by atoms with Crippen LogP contribution in [0, 0.1) is 5.82 Å². The molecule has 1 unspecified atom stereocenters. The molecule has 0 spiro atoms. The summed E-state index contributed by atoms with van der Waals surface area (Å²) in [5, 5.41) is 2.95. The lowest BCUT2D eigenvalue weighted by atomic mass is 10.1. The highest BCUT2D eigenvalue weighted by Gasteiger charge is 2.25. The summed E-state index contributed by atoms with van der Waals surface area (Å²) in [4.78, 5) is 16.1. The number of carbonyl (C=O) groups is 1. The number of hydrogen-bond donors (Lipinski definition) is 1. The van der Waals surface area contributed by atoms with E-state index in [0.717, 1.165) is 18.5 Å². The fourth-order valence-corrected chi connectivity index (χ4v) is 3.37. The van der Waals surface area contributed by atoms with Crippen LogP contribution in [-0.2, 0) is 13.0 Å². The van der Waals surface area contributed by atoms with Crippen LogP contribution in [0.2, 0.25) is 0 Å². The molecule has 0 bridgehead atoms. The van der Waals surface area contributed by atoms with Gasteiger partial charge in [0.25, 0.3) is 0 Å². The van der Waals surface area contributed by atoms with Gasteiger partial charge in [0, 0.05) is 38.4 Å². The molecule has 1 aliphatic heterocycles. The Labute approximate surface area is 148 Å². The van der Waals surface area contributed by atoms with Crippen LogP contribution in [0.25, 0.3) is 0 Å². The number of fused-ring (bicyclic) bond motifs is 1. The summed E-state index contributed by atoms with van der Waals surface area (Å²) in [5.41, 5.74) is 3.40. The molecule has 1 heterocycles. The Bertz CT molecular complexity index is 749. The molecule has 0 aromatic heterocycles. The molecular formula is C20H24FN3O. The third-order valence-electron chi connectivity index (χ3n) is 4.63. The standard InChI is InChI=1S/C20H24FN3O/c1-15-12-17-7-3-4-9-19(17)24(15)11-10-22-20(25)23(2)14-16-6-5-8-18(21)13-16/h3-9,13,15H,10-12,14H2,1-2H3,(H,22,25). The summed E-state index contributed by atoms with van der Waals surface area (Å²) in [5.74, 6) is -0.284. The Balaban J connectivity index is 1.49. The van der Waals surface area contributed by atoms with Gasteiger partial charge in [0.1, 0.15) is 5.82 Å². The van der Waals surface area contributed by atoms with Crippen molar-refractivity contribution >= 4 is 11.7 Å². The number of halogens is 1. The zero-order valence-electron chi connectivity index (χ0n) is 14.7. The maximum absolute atomic E-state index is 13.2. The van der Waals surface area contributed by atoms with Crippen molar-refractivity contribution in [1.82, 2.24) is 10.2 Å². The van der Waals surface area contributed by atoms with E-state index in [4.69, 9.17) is 0 Å². The normalized spacial score (nSPS) is 15.8. The van der Waals surface area contributed by atoms with E-state index in [1.807, 2.05) is 6.07 Å². The summed E-state index contributed by atoms with van der Waals surface area (Å²) < 4.78 is 13.2. The zero-order valence-corrected chi connectivity index (χ0v) is 14.7. The number of anilines is 1. The summed E-state index contributed by atoms with van der Waals surface area (Å²) >= 11 is 0. The number of nitrogens with one attached hydrogen (secondary N) is 1. The quantitative estimate of drug-likeness (QED) is 0.904. The van der Waals surface area contributed by atoms with Crippen molar-refractivity contribution < 1.29 is 9.18 Å². The van der Waals surface area contributed by atoms with Gasteiger partial charge in [0.15, 0.2) is 0 Å². The molecule has 1 N–H and O–H groups in total. The topological polar surface area (TPSA) is 35.6 Å². The van der Waals surface area contributed by atoms with E-state index in [2.05, 4.69) is 41.4 Å². The van der Waals surface area contributed by atoms with Gasteiger partial charge in [-0.05, 0) is 42.7 Å². The van der Waals surface area contributed by atoms with Crippen molar-refractivity contribution in [2.75, 3.05) is 25.0 Å². The summed E-state index contributed by atoms with van der Waals surface area (Å²) in [6, 6.07) is 15.0. The Morgan fingerprint density at radius 1 is 1.28 bits per heavy atom. The average Bonchev–Trinajstić information content (AvgIpc) is 2.90. The second-order valence-corrected chi connectivity index (χ2v) is 6.59. The van der Waals surface area contributed by atoms with Gasteiger partial charge in [-0.1, -0.05) is 30.3 Å². The molecule has 2 aromatic carbocycles. The van der Waals surface area contributed by atoms with Crippen LogP contribution >= 0.6 is 0 Å². The fraction of sp³-hybridized carbons (Fsp3) is 0.350. The maximum atomic E-state index is 13.2. The summed E-state index contributed by atoms with van der Waals surface area (Å²) in [6.45, 7) is 3.94. The molecule has 0 aliphatic carbocycles. The van der Waals surface area contributed by atoms with Gasteiger partial charge in [-0.15, -0.1) is 0 Å². The summed E-state index contributed by atoms with van der Waals surface area (Å²) in [7, 11) is 1.72. The molecule has 25 heavy (non-hydrogen) atoms. The van der Waals surface area contributed by atoms with Gasteiger partial charge < -0.3 is 15.1 Å². The lowest BCUT2D eigenvalue weighted by Gasteiger charge is -2.26. The minimum absolute atomic E-state index is 0.149. The highest BCUT2D eigenvalue weighted by molar-refractivity contribution is 5.74. The van der Waals surface area contributed by atoms with Gasteiger partial charge in [0.2, 0.25) is 0 Å². The smallest absolute Gasteiger partial charge is 0.317 e. The first kappa shape index (κ1) is 17.3. The SMILES string of the molecule is CC1Cc2ccccc2N1CCNC(=O)N(C)Cc1cccc(F)c1. The maximum Gasteiger partial charge on any atom is 0.317 e. The van der Waals surface area contributed by atoms with E-state index in [0.29, 0.717) is 19.1 Å². The monoisotopic (exact) mass is 341 g/mol. The van der Waals surface area contributed by atoms with E-state index in [1.165, 1.54) is 23.4 Å². The number of rotatable bonds is 5. The third kappa shape index (κ3) is 4.10. The van der Waals surface area contributed by atoms with Crippen molar-refractivity contribution in [2.45, 2.75) is 25.9 Å². The minimum atomic E-state index is -0.284. The molecule has 0 fully saturated rings. The Morgan fingerprint density at radius 3 is 2.88 bits per heavy atom. The van der Waals surface area contributed by atoms with E-state index in [-0.39, 0.29) is 11.8 Å². The molecule has 0 radical (unpaired) electrons. The predicted octanol–water partition coefficient (Wildman–Crippen LogP) is 3.42. The van der Waals surface area contributed by atoms with Crippen LogP contribution in [0.15, 0.2) is 48.5 Å². The van der Waals surface area contributed by atoms with Gasteiger partial charge in [0.05, 0.1) is 0 Å². The van der Waals surface area contributed by atoms with Crippen LogP contribution in [0.1, 0.15) is 18.1 Å². The molecular weight excluding hydrogens is 317 g/mol. The molecule has 1 aliphatic rings. The van der Waals surface area contributed by atoms with Gasteiger partial charge in [-0.25, -0.2) is 9.18 Å². The van der Waals surface area contributed by atoms with Gasteiger partial charge >= 0.3 is 6.03 Å².